The van der Waals surface area contributed by atoms with Crippen molar-refractivity contribution in [3.8, 4) is 0 Å². The van der Waals surface area contributed by atoms with Crippen molar-refractivity contribution in [2.24, 2.45) is 5.92 Å². The minimum absolute atomic E-state index is 0.0357. The second-order valence-corrected chi connectivity index (χ2v) is 5.26. The predicted octanol–water partition coefficient (Wildman–Crippen LogP) is 2.14. The van der Waals surface area contributed by atoms with E-state index in [4.69, 9.17) is 5.73 Å². The second kappa shape index (κ2) is 6.08. The zero-order valence-electron chi connectivity index (χ0n) is 11.9. The maximum Gasteiger partial charge on any atom is 0.274 e. The van der Waals surface area contributed by atoms with Crippen molar-refractivity contribution >= 4 is 11.6 Å². The molecule has 0 bridgehead atoms. The molecule has 1 fully saturated rings. The van der Waals surface area contributed by atoms with Crippen molar-refractivity contribution < 1.29 is 4.79 Å². The first-order valence-corrected chi connectivity index (χ1v) is 7.27. The molecule has 5 heteroatoms. The largest absolute Gasteiger partial charge is 0.396 e. The van der Waals surface area contributed by atoms with Crippen LogP contribution in [0.15, 0.2) is 6.20 Å². The predicted molar refractivity (Wildman–Crippen MR) is 75.8 cm³/mol. The van der Waals surface area contributed by atoms with E-state index < -0.39 is 0 Å². The summed E-state index contributed by atoms with van der Waals surface area (Å²) in [5.74, 6) is 0.792. The van der Waals surface area contributed by atoms with Crippen LogP contribution in [0.5, 0.6) is 0 Å². The van der Waals surface area contributed by atoms with E-state index in [9.17, 15) is 4.79 Å². The Morgan fingerprint density at radius 1 is 1.42 bits per heavy atom. The molecule has 1 unspecified atom stereocenters. The molecule has 0 aliphatic carbocycles. The summed E-state index contributed by atoms with van der Waals surface area (Å²) >= 11 is 0. The number of amides is 1. The molecule has 0 saturated carbocycles. The lowest BCUT2D eigenvalue weighted by molar-refractivity contribution is 0.0748. The smallest absolute Gasteiger partial charge is 0.274 e. The van der Waals surface area contributed by atoms with Gasteiger partial charge in [-0.15, -0.1) is 0 Å². The lowest BCUT2D eigenvalue weighted by Crippen LogP contribution is -2.34. The van der Waals surface area contributed by atoms with E-state index in [0.29, 0.717) is 17.9 Å². The highest BCUT2D eigenvalue weighted by Crippen LogP contribution is 2.22. The molecule has 1 aromatic heterocycles. The minimum Gasteiger partial charge on any atom is -0.396 e. The number of carbonyl (C=O) groups excluding carboxylic acids is 1. The molecule has 1 amide bonds. The van der Waals surface area contributed by atoms with Crippen molar-refractivity contribution in [3.05, 3.63) is 11.9 Å². The van der Waals surface area contributed by atoms with Crippen LogP contribution >= 0.6 is 0 Å². The monoisotopic (exact) mass is 264 g/mol. The Labute approximate surface area is 114 Å². The highest BCUT2D eigenvalue weighted by atomic mass is 16.2. The number of nitrogens with zero attached hydrogens (tertiary/aromatic N) is 3. The molecule has 2 rings (SSSR count). The van der Waals surface area contributed by atoms with Gasteiger partial charge in [-0.05, 0) is 32.1 Å². The van der Waals surface area contributed by atoms with Gasteiger partial charge >= 0.3 is 0 Å². The van der Waals surface area contributed by atoms with Gasteiger partial charge in [-0.3, -0.25) is 9.48 Å². The number of carbonyl (C=O) groups is 1. The number of nitrogen functional groups attached to an aromatic ring is 1. The van der Waals surface area contributed by atoms with Crippen LogP contribution in [0.1, 0.15) is 50.0 Å². The molecular weight excluding hydrogens is 240 g/mol. The fraction of sp³-hybridized carbons (Fsp3) is 0.714. The van der Waals surface area contributed by atoms with Crippen LogP contribution in [0.4, 0.5) is 5.69 Å². The van der Waals surface area contributed by atoms with E-state index >= 15 is 0 Å². The SMILES string of the molecule is CCC1CCCN(C(=O)c2c(N)cnn2CC)CC1. The Hall–Kier alpha value is -1.52. The molecule has 0 radical (unpaired) electrons. The average Bonchev–Trinajstić information content (AvgIpc) is 2.65. The Morgan fingerprint density at radius 2 is 2.21 bits per heavy atom. The molecule has 1 saturated heterocycles. The third-order valence-corrected chi connectivity index (χ3v) is 4.08. The van der Waals surface area contributed by atoms with Gasteiger partial charge in [0.25, 0.3) is 5.91 Å². The van der Waals surface area contributed by atoms with Gasteiger partial charge < -0.3 is 10.6 Å². The van der Waals surface area contributed by atoms with E-state index in [1.807, 2.05) is 11.8 Å². The van der Waals surface area contributed by atoms with Gasteiger partial charge in [-0.25, -0.2) is 0 Å². The fourth-order valence-electron chi connectivity index (χ4n) is 2.80. The molecule has 1 atom stereocenters. The third kappa shape index (κ3) is 2.91. The molecule has 2 N–H and O–H groups in total. The normalized spacial score (nSPS) is 20.3. The van der Waals surface area contributed by atoms with Gasteiger partial charge in [0.2, 0.25) is 0 Å². The van der Waals surface area contributed by atoms with Crippen molar-refractivity contribution in [2.75, 3.05) is 18.8 Å². The average molecular weight is 264 g/mol. The zero-order valence-corrected chi connectivity index (χ0v) is 11.9. The van der Waals surface area contributed by atoms with Crippen molar-refractivity contribution in [2.45, 2.75) is 46.1 Å². The van der Waals surface area contributed by atoms with Crippen LogP contribution < -0.4 is 5.73 Å². The van der Waals surface area contributed by atoms with Gasteiger partial charge in [0.05, 0.1) is 11.9 Å². The van der Waals surface area contributed by atoms with Crippen LogP contribution in [0.2, 0.25) is 0 Å². The summed E-state index contributed by atoms with van der Waals surface area (Å²) in [7, 11) is 0. The van der Waals surface area contributed by atoms with Crippen LogP contribution in [0, 0.1) is 5.92 Å². The number of nitrogens with two attached hydrogens (primary N) is 1. The maximum absolute atomic E-state index is 12.6. The highest BCUT2D eigenvalue weighted by molar-refractivity contribution is 5.97. The minimum atomic E-state index is 0.0357. The lowest BCUT2D eigenvalue weighted by Gasteiger charge is -2.21. The van der Waals surface area contributed by atoms with Crippen LogP contribution in [0.25, 0.3) is 0 Å². The van der Waals surface area contributed by atoms with Crippen LogP contribution in [-0.4, -0.2) is 33.7 Å². The maximum atomic E-state index is 12.6. The van der Waals surface area contributed by atoms with Gasteiger partial charge in [0.1, 0.15) is 5.69 Å². The lowest BCUT2D eigenvalue weighted by atomic mass is 9.98. The van der Waals surface area contributed by atoms with Crippen molar-refractivity contribution in [1.29, 1.82) is 0 Å². The number of aryl methyl sites for hydroxylation is 1. The zero-order chi connectivity index (χ0) is 13.8. The molecule has 1 aliphatic heterocycles. The standard InChI is InChI=1S/C14H24N4O/c1-3-11-6-5-8-17(9-7-11)14(19)13-12(15)10-16-18(13)4-2/h10-11H,3-9,15H2,1-2H3. The van der Waals surface area contributed by atoms with E-state index in [0.717, 1.165) is 31.8 Å². The molecule has 0 aromatic carbocycles. The van der Waals surface area contributed by atoms with E-state index in [-0.39, 0.29) is 5.91 Å². The number of anilines is 1. The Kier molecular flexibility index (Phi) is 4.45. The number of hydrogen-bond acceptors (Lipinski definition) is 3. The summed E-state index contributed by atoms with van der Waals surface area (Å²) in [4.78, 5) is 14.5. The summed E-state index contributed by atoms with van der Waals surface area (Å²) in [6.07, 6.45) is 6.19. The van der Waals surface area contributed by atoms with E-state index in [1.165, 1.54) is 12.8 Å². The third-order valence-electron chi connectivity index (χ3n) is 4.08. The Morgan fingerprint density at radius 3 is 2.89 bits per heavy atom. The summed E-state index contributed by atoms with van der Waals surface area (Å²) in [6, 6.07) is 0. The van der Waals surface area contributed by atoms with Gasteiger partial charge in [0.15, 0.2) is 0 Å². The molecule has 0 spiro atoms. The molecule has 19 heavy (non-hydrogen) atoms. The second-order valence-electron chi connectivity index (χ2n) is 5.26. The number of likely N-dealkylation sites (tertiary alicyclic amines) is 1. The molecule has 106 valence electrons. The summed E-state index contributed by atoms with van der Waals surface area (Å²) in [5.41, 5.74) is 6.93. The molecular formula is C14H24N4O. The molecule has 5 nitrogen and oxygen atoms in total. The topological polar surface area (TPSA) is 64.2 Å². The molecule has 1 aliphatic rings. The summed E-state index contributed by atoms with van der Waals surface area (Å²) < 4.78 is 1.69. The van der Waals surface area contributed by atoms with Crippen LogP contribution in [-0.2, 0) is 6.54 Å². The first-order valence-electron chi connectivity index (χ1n) is 7.27. The first-order chi connectivity index (χ1) is 9.17. The molecule has 2 heterocycles. The number of aromatic nitrogens is 2. The fourth-order valence-corrected chi connectivity index (χ4v) is 2.80. The van der Waals surface area contributed by atoms with Gasteiger partial charge in [0, 0.05) is 19.6 Å². The quantitative estimate of drug-likeness (QED) is 0.909. The van der Waals surface area contributed by atoms with Gasteiger partial charge in [-0.2, -0.15) is 5.10 Å². The Balaban J connectivity index is 2.13. The number of rotatable bonds is 3. The number of hydrogen-bond donors (Lipinski definition) is 1. The van der Waals surface area contributed by atoms with E-state index in [1.54, 1.807) is 10.9 Å². The summed E-state index contributed by atoms with van der Waals surface area (Å²) in [6.45, 7) is 6.55. The Bertz CT molecular complexity index is 441. The van der Waals surface area contributed by atoms with Crippen molar-refractivity contribution in [3.63, 3.8) is 0 Å². The van der Waals surface area contributed by atoms with Crippen molar-refractivity contribution in [1.82, 2.24) is 14.7 Å². The first kappa shape index (κ1) is 13.9. The molecule has 1 aromatic rings. The highest BCUT2D eigenvalue weighted by Gasteiger charge is 2.25. The van der Waals surface area contributed by atoms with Crippen LogP contribution in [0.3, 0.4) is 0 Å². The van der Waals surface area contributed by atoms with Gasteiger partial charge in [-0.1, -0.05) is 13.3 Å². The summed E-state index contributed by atoms with van der Waals surface area (Å²) in [5, 5.41) is 4.15. The van der Waals surface area contributed by atoms with E-state index in [2.05, 4.69) is 12.0 Å².